The number of rotatable bonds is 5. The lowest BCUT2D eigenvalue weighted by atomic mass is 10.1. The van der Waals surface area contributed by atoms with E-state index in [1.54, 1.807) is 12.1 Å². The zero-order chi connectivity index (χ0) is 18.4. The van der Waals surface area contributed by atoms with Crippen molar-refractivity contribution in [3.63, 3.8) is 0 Å². The molecule has 0 atom stereocenters. The first-order valence-electron chi connectivity index (χ1n) is 7.71. The lowest BCUT2D eigenvalue weighted by molar-refractivity contribution is -0.118. The van der Waals surface area contributed by atoms with Crippen LogP contribution in [0.4, 0.5) is 0 Å². The number of benzene rings is 2. The van der Waals surface area contributed by atoms with E-state index in [1.165, 1.54) is 12.1 Å². The largest absolute Gasteiger partial charge is 0.349 e. The summed E-state index contributed by atoms with van der Waals surface area (Å²) in [5.74, 6) is -0.861. The maximum absolute atomic E-state index is 12.5. The second kappa shape index (κ2) is 8.70. The Balaban J connectivity index is 2.30. The molecule has 4 nitrogen and oxygen atoms in total. The van der Waals surface area contributed by atoms with Crippen molar-refractivity contribution in [2.45, 2.75) is 19.9 Å². The highest BCUT2D eigenvalue weighted by molar-refractivity contribution is 6.36. The van der Waals surface area contributed by atoms with Gasteiger partial charge in [0.1, 0.15) is 5.70 Å². The fourth-order valence-corrected chi connectivity index (χ4v) is 2.57. The van der Waals surface area contributed by atoms with Gasteiger partial charge in [0, 0.05) is 11.1 Å². The minimum Gasteiger partial charge on any atom is -0.349 e. The summed E-state index contributed by atoms with van der Waals surface area (Å²) in [5.41, 5.74) is 1.16. The van der Waals surface area contributed by atoms with Gasteiger partial charge in [-0.15, -0.1) is 0 Å². The summed E-state index contributed by atoms with van der Waals surface area (Å²) >= 11 is 11.9. The number of nitrogens with one attached hydrogen (secondary N) is 2. The fraction of sp³-hybridized carbons (Fsp3) is 0.158. The van der Waals surface area contributed by atoms with E-state index in [-0.39, 0.29) is 28.2 Å². The molecule has 0 aliphatic heterocycles. The SMILES string of the molecule is CC(C)NC(=O)/C(=C\c1ccccc1)NC(=O)c1ccc(Cl)cc1Cl. The molecule has 0 saturated carbocycles. The van der Waals surface area contributed by atoms with Gasteiger partial charge in [-0.05, 0) is 43.7 Å². The maximum Gasteiger partial charge on any atom is 0.268 e. The van der Waals surface area contributed by atoms with Gasteiger partial charge in [0.05, 0.1) is 10.6 Å². The topological polar surface area (TPSA) is 58.2 Å². The number of halogens is 2. The molecule has 0 saturated heterocycles. The summed E-state index contributed by atoms with van der Waals surface area (Å²) < 4.78 is 0. The molecule has 2 rings (SSSR count). The molecule has 0 bridgehead atoms. The number of amides is 2. The standard InChI is InChI=1S/C19H18Cl2N2O2/c1-12(2)22-19(25)17(10-13-6-4-3-5-7-13)23-18(24)15-9-8-14(20)11-16(15)21/h3-12H,1-2H3,(H,22,25)(H,23,24)/b17-10+. The smallest absolute Gasteiger partial charge is 0.268 e. The van der Waals surface area contributed by atoms with E-state index in [1.807, 2.05) is 44.2 Å². The van der Waals surface area contributed by atoms with E-state index in [9.17, 15) is 9.59 Å². The van der Waals surface area contributed by atoms with E-state index >= 15 is 0 Å². The van der Waals surface area contributed by atoms with Crippen LogP contribution >= 0.6 is 23.2 Å². The van der Waals surface area contributed by atoms with Crippen molar-refractivity contribution in [3.8, 4) is 0 Å². The molecule has 0 aliphatic rings. The molecule has 0 radical (unpaired) electrons. The summed E-state index contributed by atoms with van der Waals surface area (Å²) in [7, 11) is 0. The summed E-state index contributed by atoms with van der Waals surface area (Å²) in [6.07, 6.45) is 1.61. The van der Waals surface area contributed by atoms with Gasteiger partial charge in [0.15, 0.2) is 0 Å². The third-order valence-corrected chi connectivity index (χ3v) is 3.75. The third kappa shape index (κ3) is 5.62. The van der Waals surface area contributed by atoms with E-state index in [0.717, 1.165) is 5.56 Å². The molecule has 2 aromatic rings. The minimum absolute atomic E-state index is 0.0669. The van der Waals surface area contributed by atoms with Gasteiger partial charge >= 0.3 is 0 Å². The molecule has 6 heteroatoms. The van der Waals surface area contributed by atoms with Crippen LogP contribution < -0.4 is 10.6 Å². The molecule has 0 unspecified atom stereocenters. The predicted molar refractivity (Wildman–Crippen MR) is 102 cm³/mol. The van der Waals surface area contributed by atoms with Gasteiger partial charge in [0.2, 0.25) is 0 Å². The molecule has 0 aromatic heterocycles. The van der Waals surface area contributed by atoms with E-state index in [4.69, 9.17) is 23.2 Å². The van der Waals surface area contributed by atoms with Crippen LogP contribution in [0.2, 0.25) is 10.0 Å². The Morgan fingerprint density at radius 3 is 2.32 bits per heavy atom. The fourth-order valence-electron chi connectivity index (χ4n) is 2.08. The molecule has 0 spiro atoms. The van der Waals surface area contributed by atoms with Crippen molar-refractivity contribution in [3.05, 3.63) is 75.4 Å². The zero-order valence-electron chi connectivity index (χ0n) is 13.8. The Morgan fingerprint density at radius 2 is 1.72 bits per heavy atom. The monoisotopic (exact) mass is 376 g/mol. The average Bonchev–Trinajstić information content (AvgIpc) is 2.54. The first kappa shape index (κ1) is 19.0. The molecule has 2 aromatic carbocycles. The van der Waals surface area contributed by atoms with Crippen LogP contribution in [0.15, 0.2) is 54.2 Å². The zero-order valence-corrected chi connectivity index (χ0v) is 15.4. The first-order valence-corrected chi connectivity index (χ1v) is 8.46. The van der Waals surface area contributed by atoms with E-state index in [2.05, 4.69) is 10.6 Å². The van der Waals surface area contributed by atoms with Crippen LogP contribution in [0.1, 0.15) is 29.8 Å². The van der Waals surface area contributed by atoms with Crippen molar-refractivity contribution in [1.29, 1.82) is 0 Å². The van der Waals surface area contributed by atoms with Crippen LogP contribution in [0.25, 0.3) is 6.08 Å². The van der Waals surface area contributed by atoms with Gasteiger partial charge in [0.25, 0.3) is 11.8 Å². The molecule has 2 amide bonds. The Labute approximate surface area is 156 Å². The van der Waals surface area contributed by atoms with Gasteiger partial charge < -0.3 is 10.6 Å². The highest BCUT2D eigenvalue weighted by Crippen LogP contribution is 2.21. The second-order valence-electron chi connectivity index (χ2n) is 5.68. The lowest BCUT2D eigenvalue weighted by Gasteiger charge is -2.13. The number of hydrogen-bond donors (Lipinski definition) is 2. The number of carbonyl (C=O) groups excluding carboxylic acids is 2. The van der Waals surface area contributed by atoms with Crippen LogP contribution in [0, 0.1) is 0 Å². The molecule has 0 fully saturated rings. The molecule has 0 heterocycles. The van der Waals surface area contributed by atoms with Crippen LogP contribution in [-0.2, 0) is 4.79 Å². The van der Waals surface area contributed by atoms with Gasteiger partial charge in [-0.25, -0.2) is 0 Å². The van der Waals surface area contributed by atoms with Crippen molar-refractivity contribution in [1.82, 2.24) is 10.6 Å². The van der Waals surface area contributed by atoms with Crippen molar-refractivity contribution >= 4 is 41.1 Å². The van der Waals surface area contributed by atoms with E-state index in [0.29, 0.717) is 5.02 Å². The molecule has 130 valence electrons. The number of hydrogen-bond acceptors (Lipinski definition) is 2. The first-order chi connectivity index (χ1) is 11.9. The molecular formula is C19H18Cl2N2O2. The third-order valence-electron chi connectivity index (χ3n) is 3.20. The highest BCUT2D eigenvalue weighted by atomic mass is 35.5. The average molecular weight is 377 g/mol. The van der Waals surface area contributed by atoms with E-state index < -0.39 is 5.91 Å². The quantitative estimate of drug-likeness (QED) is 0.764. The van der Waals surface area contributed by atoms with Crippen LogP contribution in [0.3, 0.4) is 0 Å². The molecule has 25 heavy (non-hydrogen) atoms. The summed E-state index contributed by atoms with van der Waals surface area (Å²) in [6.45, 7) is 3.69. The van der Waals surface area contributed by atoms with Crippen LogP contribution in [-0.4, -0.2) is 17.9 Å². The maximum atomic E-state index is 12.5. The van der Waals surface area contributed by atoms with Crippen LogP contribution in [0.5, 0.6) is 0 Å². The normalized spacial score (nSPS) is 11.3. The predicted octanol–water partition coefficient (Wildman–Crippen LogP) is 4.29. The summed E-state index contributed by atoms with van der Waals surface area (Å²) in [6, 6.07) is 13.7. The van der Waals surface area contributed by atoms with Crippen molar-refractivity contribution in [2.24, 2.45) is 0 Å². The lowest BCUT2D eigenvalue weighted by Crippen LogP contribution is -2.38. The highest BCUT2D eigenvalue weighted by Gasteiger charge is 2.17. The molecular weight excluding hydrogens is 359 g/mol. The number of carbonyl (C=O) groups is 2. The Kier molecular flexibility index (Phi) is 6.62. The second-order valence-corrected chi connectivity index (χ2v) is 6.52. The van der Waals surface area contributed by atoms with Gasteiger partial charge in [-0.2, -0.15) is 0 Å². The Bertz CT molecular complexity index is 802. The molecule has 2 N–H and O–H groups in total. The Hall–Kier alpha value is -2.30. The molecule has 0 aliphatic carbocycles. The summed E-state index contributed by atoms with van der Waals surface area (Å²) in [4.78, 5) is 24.9. The van der Waals surface area contributed by atoms with Gasteiger partial charge in [-0.3, -0.25) is 9.59 Å². The minimum atomic E-state index is -0.484. The summed E-state index contributed by atoms with van der Waals surface area (Å²) in [5, 5.41) is 6.04. The van der Waals surface area contributed by atoms with Crippen molar-refractivity contribution < 1.29 is 9.59 Å². The van der Waals surface area contributed by atoms with Gasteiger partial charge in [-0.1, -0.05) is 53.5 Å². The van der Waals surface area contributed by atoms with Crippen molar-refractivity contribution in [2.75, 3.05) is 0 Å². The Morgan fingerprint density at radius 1 is 1.04 bits per heavy atom.